The van der Waals surface area contributed by atoms with Crippen LogP contribution in [0.25, 0.3) is 0 Å². The number of sulfonamides is 1. The number of halogens is 3. The first-order valence-corrected chi connectivity index (χ1v) is 11.0. The third-order valence-corrected chi connectivity index (χ3v) is 7.49. The van der Waals surface area contributed by atoms with Gasteiger partial charge in [0.15, 0.2) is 5.76 Å². The molecule has 0 spiro atoms. The summed E-state index contributed by atoms with van der Waals surface area (Å²) in [6, 6.07) is 5.51. The molecule has 1 aromatic carbocycles. The van der Waals surface area contributed by atoms with Gasteiger partial charge in [0.05, 0.1) is 15.6 Å². The summed E-state index contributed by atoms with van der Waals surface area (Å²) in [4.78, 5) is 12.5. The predicted octanol–water partition coefficient (Wildman–Crippen LogP) is 4.59. The van der Waals surface area contributed by atoms with Gasteiger partial charge in [0, 0.05) is 19.2 Å². The summed E-state index contributed by atoms with van der Waals surface area (Å²) >= 11 is 6.16. The summed E-state index contributed by atoms with van der Waals surface area (Å²) in [5.41, 5.74) is 0.0841. The SMILES string of the molecule is Cc1oc(C(=O)Nc2cccc(Cl)c2SC(F)F)cc1S(=O)(=O)N1CCCC1. The fourth-order valence-corrected chi connectivity index (χ4v) is 5.49. The van der Waals surface area contributed by atoms with E-state index >= 15 is 0 Å². The van der Waals surface area contributed by atoms with Gasteiger partial charge in [0.2, 0.25) is 10.0 Å². The summed E-state index contributed by atoms with van der Waals surface area (Å²) < 4.78 is 57.6. The molecule has 0 aliphatic carbocycles. The number of hydrogen-bond acceptors (Lipinski definition) is 5. The predicted molar refractivity (Wildman–Crippen MR) is 103 cm³/mol. The quantitative estimate of drug-likeness (QED) is 0.651. The third kappa shape index (κ3) is 4.35. The van der Waals surface area contributed by atoms with Gasteiger partial charge in [-0.1, -0.05) is 29.4 Å². The molecule has 28 heavy (non-hydrogen) atoms. The number of alkyl halides is 2. The molecule has 152 valence electrons. The largest absolute Gasteiger partial charge is 0.455 e. The molecule has 2 aromatic rings. The normalized spacial score (nSPS) is 15.3. The molecule has 1 N–H and O–H groups in total. The van der Waals surface area contributed by atoms with Crippen LogP contribution in [-0.2, 0) is 10.0 Å². The summed E-state index contributed by atoms with van der Waals surface area (Å²) in [5.74, 6) is -3.63. The van der Waals surface area contributed by atoms with Crippen molar-refractivity contribution >= 4 is 45.0 Å². The molecule has 0 atom stereocenters. The molecule has 3 rings (SSSR count). The Morgan fingerprint density at radius 3 is 2.64 bits per heavy atom. The van der Waals surface area contributed by atoms with Crippen molar-refractivity contribution in [1.29, 1.82) is 0 Å². The van der Waals surface area contributed by atoms with Crippen molar-refractivity contribution in [3.63, 3.8) is 0 Å². The average molecular weight is 451 g/mol. The Labute approximate surface area is 170 Å². The zero-order chi connectivity index (χ0) is 20.5. The molecule has 1 fully saturated rings. The smallest absolute Gasteiger partial charge is 0.291 e. The van der Waals surface area contributed by atoms with Crippen LogP contribution >= 0.6 is 23.4 Å². The van der Waals surface area contributed by atoms with Crippen molar-refractivity contribution in [1.82, 2.24) is 4.31 Å². The van der Waals surface area contributed by atoms with E-state index in [1.165, 1.54) is 29.4 Å². The topological polar surface area (TPSA) is 79.6 Å². The number of carbonyl (C=O) groups excluding carboxylic acids is 1. The molecular weight excluding hydrogens is 434 g/mol. The first-order valence-electron chi connectivity index (χ1n) is 8.35. The highest BCUT2D eigenvalue weighted by Crippen LogP contribution is 2.38. The molecule has 1 amide bonds. The number of anilines is 1. The van der Waals surface area contributed by atoms with Gasteiger partial charge in [-0.05, 0) is 31.9 Å². The highest BCUT2D eigenvalue weighted by atomic mass is 35.5. The number of hydrogen-bond donors (Lipinski definition) is 1. The second-order valence-electron chi connectivity index (χ2n) is 6.09. The van der Waals surface area contributed by atoms with Crippen molar-refractivity contribution in [3.8, 4) is 0 Å². The standard InChI is InChI=1S/C17H17ClF2N2O4S2/c1-10-14(28(24,25)22-7-2-3-8-22)9-13(26-10)16(23)21-12-6-4-5-11(18)15(12)27-17(19)20/h4-6,9,17H,2-3,7-8H2,1H3,(H,21,23). The highest BCUT2D eigenvalue weighted by Gasteiger charge is 2.32. The van der Waals surface area contributed by atoms with Gasteiger partial charge in [-0.15, -0.1) is 0 Å². The van der Waals surface area contributed by atoms with Gasteiger partial charge in [-0.2, -0.15) is 13.1 Å². The van der Waals surface area contributed by atoms with E-state index in [-0.39, 0.29) is 43.8 Å². The zero-order valence-corrected chi connectivity index (χ0v) is 17.1. The fraction of sp³-hybridized carbons (Fsp3) is 0.353. The number of furan rings is 1. The van der Waals surface area contributed by atoms with Crippen LogP contribution in [0.3, 0.4) is 0 Å². The van der Waals surface area contributed by atoms with E-state index in [4.69, 9.17) is 16.0 Å². The summed E-state index contributed by atoms with van der Waals surface area (Å²) in [5, 5.41) is 2.52. The Bertz CT molecular complexity index is 989. The summed E-state index contributed by atoms with van der Waals surface area (Å²) in [6.45, 7) is 2.30. The Morgan fingerprint density at radius 2 is 2.00 bits per heavy atom. The minimum absolute atomic E-state index is 0.0145. The first-order chi connectivity index (χ1) is 13.2. The monoisotopic (exact) mass is 450 g/mol. The Balaban J connectivity index is 1.86. The molecule has 0 bridgehead atoms. The molecule has 1 aromatic heterocycles. The molecule has 1 saturated heterocycles. The van der Waals surface area contributed by atoms with E-state index in [1.54, 1.807) is 0 Å². The lowest BCUT2D eigenvalue weighted by Gasteiger charge is -2.14. The zero-order valence-electron chi connectivity index (χ0n) is 14.7. The van der Waals surface area contributed by atoms with Crippen LogP contribution in [0, 0.1) is 6.92 Å². The summed E-state index contributed by atoms with van der Waals surface area (Å²) in [6.07, 6.45) is 1.56. The third-order valence-electron chi connectivity index (χ3n) is 4.20. The second kappa shape index (κ2) is 8.40. The molecule has 0 unspecified atom stereocenters. The number of nitrogens with one attached hydrogen (secondary N) is 1. The Kier molecular flexibility index (Phi) is 6.33. The van der Waals surface area contributed by atoms with Crippen LogP contribution < -0.4 is 5.32 Å². The van der Waals surface area contributed by atoms with Gasteiger partial charge in [-0.3, -0.25) is 4.79 Å². The average Bonchev–Trinajstić information content (AvgIpc) is 3.28. The van der Waals surface area contributed by atoms with E-state index in [2.05, 4.69) is 5.32 Å². The van der Waals surface area contributed by atoms with E-state index in [0.29, 0.717) is 13.1 Å². The first kappa shape index (κ1) is 21.1. The molecular formula is C17H17ClF2N2O4S2. The lowest BCUT2D eigenvalue weighted by atomic mass is 10.3. The number of aryl methyl sites for hydroxylation is 1. The number of amides is 1. The summed E-state index contributed by atoms with van der Waals surface area (Å²) in [7, 11) is -3.75. The number of rotatable bonds is 6. The van der Waals surface area contributed by atoms with Crippen LogP contribution in [0.5, 0.6) is 0 Å². The fourth-order valence-electron chi connectivity index (χ4n) is 2.90. The van der Waals surface area contributed by atoms with E-state index < -0.39 is 21.7 Å². The van der Waals surface area contributed by atoms with Gasteiger partial charge >= 0.3 is 0 Å². The maximum absolute atomic E-state index is 12.8. The van der Waals surface area contributed by atoms with Crippen molar-refractivity contribution in [3.05, 3.63) is 40.8 Å². The van der Waals surface area contributed by atoms with Crippen molar-refractivity contribution in [2.45, 2.75) is 35.3 Å². The van der Waals surface area contributed by atoms with Gasteiger partial charge < -0.3 is 9.73 Å². The molecule has 11 heteroatoms. The maximum Gasteiger partial charge on any atom is 0.291 e. The lowest BCUT2D eigenvalue weighted by molar-refractivity contribution is 0.0995. The minimum atomic E-state index is -3.75. The Morgan fingerprint density at radius 1 is 1.32 bits per heavy atom. The lowest BCUT2D eigenvalue weighted by Crippen LogP contribution is -2.28. The van der Waals surface area contributed by atoms with E-state index in [9.17, 15) is 22.0 Å². The molecule has 1 aliphatic rings. The number of benzene rings is 1. The van der Waals surface area contributed by atoms with Crippen LogP contribution in [0.4, 0.5) is 14.5 Å². The van der Waals surface area contributed by atoms with E-state index in [0.717, 1.165) is 18.9 Å². The van der Waals surface area contributed by atoms with Crippen LogP contribution in [0.15, 0.2) is 38.5 Å². The number of thioether (sulfide) groups is 1. The van der Waals surface area contributed by atoms with Crippen molar-refractivity contribution in [2.24, 2.45) is 0 Å². The molecule has 1 aliphatic heterocycles. The van der Waals surface area contributed by atoms with E-state index in [1.807, 2.05) is 0 Å². The van der Waals surface area contributed by atoms with Gasteiger partial charge in [0.1, 0.15) is 10.7 Å². The van der Waals surface area contributed by atoms with Crippen molar-refractivity contribution < 1.29 is 26.4 Å². The number of nitrogens with zero attached hydrogens (tertiary/aromatic N) is 1. The molecule has 0 saturated carbocycles. The number of carbonyl (C=O) groups is 1. The van der Waals surface area contributed by atoms with Gasteiger partial charge in [0.25, 0.3) is 11.7 Å². The van der Waals surface area contributed by atoms with Crippen LogP contribution in [0.1, 0.15) is 29.2 Å². The maximum atomic E-state index is 12.8. The molecule has 6 nitrogen and oxygen atoms in total. The van der Waals surface area contributed by atoms with Crippen LogP contribution in [-0.4, -0.2) is 37.5 Å². The minimum Gasteiger partial charge on any atom is -0.455 e. The van der Waals surface area contributed by atoms with Crippen molar-refractivity contribution in [2.75, 3.05) is 18.4 Å². The second-order valence-corrected chi connectivity index (χ2v) is 9.41. The molecule has 0 radical (unpaired) electrons. The molecule has 2 heterocycles. The Hall–Kier alpha value is -1.62. The van der Waals surface area contributed by atoms with Crippen LogP contribution in [0.2, 0.25) is 5.02 Å². The highest BCUT2D eigenvalue weighted by molar-refractivity contribution is 7.99. The van der Waals surface area contributed by atoms with Gasteiger partial charge in [-0.25, -0.2) is 8.42 Å².